The van der Waals surface area contributed by atoms with Crippen molar-refractivity contribution in [1.29, 1.82) is 0 Å². The third-order valence-electron chi connectivity index (χ3n) is 7.40. The van der Waals surface area contributed by atoms with Gasteiger partial charge in [-0.2, -0.15) is 0 Å². The van der Waals surface area contributed by atoms with Gasteiger partial charge in [-0.05, 0) is 54.8 Å². The number of aromatic amines is 1. The molecule has 4 aromatic rings. The number of rotatable bonds is 5. The molecule has 2 aliphatic heterocycles. The number of halogens is 2. The first-order valence-corrected chi connectivity index (χ1v) is 13.3. The number of hydrogen-bond acceptors (Lipinski definition) is 4. The Labute approximate surface area is 220 Å². The molecule has 0 aliphatic carbocycles. The Morgan fingerprint density at radius 3 is 2.39 bits per heavy atom. The van der Waals surface area contributed by atoms with Gasteiger partial charge in [0.1, 0.15) is 0 Å². The fraction of sp³-hybridized carbons (Fsp3) is 0.357. The van der Waals surface area contributed by atoms with E-state index in [1.54, 1.807) is 4.52 Å². The third kappa shape index (κ3) is 4.96. The number of benzene rings is 2. The summed E-state index contributed by atoms with van der Waals surface area (Å²) < 4.78 is 1.65. The highest BCUT2D eigenvalue weighted by Crippen LogP contribution is 2.28. The minimum absolute atomic E-state index is 0.0173. The van der Waals surface area contributed by atoms with E-state index in [-0.39, 0.29) is 5.56 Å². The summed E-state index contributed by atoms with van der Waals surface area (Å²) in [5, 5.41) is 4.92. The molecule has 2 aliphatic rings. The average Bonchev–Trinajstić information content (AvgIpc) is 3.29. The lowest BCUT2D eigenvalue weighted by molar-refractivity contribution is 0.198. The predicted molar refractivity (Wildman–Crippen MR) is 144 cm³/mol. The first-order chi connectivity index (χ1) is 17.5. The van der Waals surface area contributed by atoms with Gasteiger partial charge in [-0.25, -0.2) is 9.50 Å². The van der Waals surface area contributed by atoms with Crippen LogP contribution in [0.2, 0.25) is 10.0 Å². The summed E-state index contributed by atoms with van der Waals surface area (Å²) >= 11 is 12.3. The van der Waals surface area contributed by atoms with Crippen LogP contribution in [0, 0.1) is 0 Å². The third-order valence-corrected chi connectivity index (χ3v) is 7.87. The number of nitrogens with zero attached hydrogens (tertiary/aromatic N) is 4. The molecule has 0 radical (unpaired) electrons. The zero-order valence-corrected chi connectivity index (χ0v) is 21.6. The maximum absolute atomic E-state index is 13.5. The van der Waals surface area contributed by atoms with Crippen LogP contribution in [0.15, 0.2) is 59.4 Å². The molecule has 186 valence electrons. The van der Waals surface area contributed by atoms with Crippen LogP contribution in [0.25, 0.3) is 5.65 Å². The van der Waals surface area contributed by atoms with E-state index >= 15 is 0 Å². The summed E-state index contributed by atoms with van der Waals surface area (Å²) in [4.78, 5) is 23.1. The van der Waals surface area contributed by atoms with Crippen LogP contribution in [-0.4, -0.2) is 44.0 Å². The quantitative estimate of drug-likeness (QED) is 0.388. The summed E-state index contributed by atoms with van der Waals surface area (Å²) in [6, 6.07) is 18.1. The van der Waals surface area contributed by atoms with Crippen molar-refractivity contribution in [2.45, 2.75) is 44.8 Å². The lowest BCUT2D eigenvalue weighted by atomic mass is 9.94. The van der Waals surface area contributed by atoms with Crippen molar-refractivity contribution in [3.63, 3.8) is 0 Å². The van der Waals surface area contributed by atoms with Crippen molar-refractivity contribution < 1.29 is 0 Å². The van der Waals surface area contributed by atoms with E-state index in [9.17, 15) is 4.79 Å². The highest BCUT2D eigenvalue weighted by Gasteiger charge is 2.26. The molecule has 6 nitrogen and oxygen atoms in total. The van der Waals surface area contributed by atoms with E-state index in [0.29, 0.717) is 12.5 Å². The number of H-pyrrole nitrogens is 1. The van der Waals surface area contributed by atoms with E-state index in [0.717, 1.165) is 90.2 Å². The second-order valence-electron chi connectivity index (χ2n) is 10.0. The minimum Gasteiger partial charge on any atom is -0.298 e. The molecule has 0 spiro atoms. The smallest absolute Gasteiger partial charge is 0.277 e. The van der Waals surface area contributed by atoms with Crippen LogP contribution in [-0.2, 0) is 26.1 Å². The molecule has 2 aromatic heterocycles. The standard InChI is InChI=1S/C28H29Cl2N5O/c29-22-7-1-4-19(12-22)15-33-10-3-6-21(17-33)26-14-27-31-25-9-11-34(16-20-5-2-8-23(30)13-20)18-24(25)28(36)35(27)32-26/h1-2,4-5,7-8,12-14,21,32H,3,6,9-11,15-18H2/t21-/m0/s1. The van der Waals surface area contributed by atoms with Gasteiger partial charge < -0.3 is 0 Å². The molecule has 0 bridgehead atoms. The van der Waals surface area contributed by atoms with Crippen LogP contribution < -0.4 is 5.56 Å². The van der Waals surface area contributed by atoms with Crippen molar-refractivity contribution in [2.75, 3.05) is 19.6 Å². The van der Waals surface area contributed by atoms with Crippen molar-refractivity contribution in [3.8, 4) is 0 Å². The number of hydrogen-bond donors (Lipinski definition) is 1. The molecule has 8 heteroatoms. The highest BCUT2D eigenvalue weighted by molar-refractivity contribution is 6.30. The number of fused-ring (bicyclic) bond motifs is 2. The molecular weight excluding hydrogens is 493 g/mol. The number of aromatic nitrogens is 3. The topological polar surface area (TPSA) is 56.6 Å². The van der Waals surface area contributed by atoms with E-state index in [2.05, 4.69) is 33.1 Å². The van der Waals surface area contributed by atoms with Gasteiger partial charge in [0.2, 0.25) is 0 Å². The van der Waals surface area contributed by atoms with Gasteiger partial charge in [-0.1, -0.05) is 47.5 Å². The zero-order valence-electron chi connectivity index (χ0n) is 20.1. The molecule has 6 rings (SSSR count). The summed E-state index contributed by atoms with van der Waals surface area (Å²) in [6.07, 6.45) is 3.00. The van der Waals surface area contributed by atoms with E-state index in [1.807, 2.05) is 36.4 Å². The van der Waals surface area contributed by atoms with Crippen molar-refractivity contribution in [3.05, 3.63) is 103 Å². The van der Waals surface area contributed by atoms with Crippen LogP contribution in [0.3, 0.4) is 0 Å². The van der Waals surface area contributed by atoms with Gasteiger partial charge >= 0.3 is 0 Å². The first kappa shape index (κ1) is 23.7. The molecule has 1 fully saturated rings. The molecule has 36 heavy (non-hydrogen) atoms. The van der Waals surface area contributed by atoms with Gasteiger partial charge in [0, 0.05) is 66.9 Å². The van der Waals surface area contributed by atoms with Gasteiger partial charge in [-0.15, -0.1) is 0 Å². The van der Waals surface area contributed by atoms with Gasteiger partial charge in [0.15, 0.2) is 5.65 Å². The van der Waals surface area contributed by atoms with Crippen LogP contribution in [0.1, 0.15) is 46.8 Å². The molecule has 0 unspecified atom stereocenters. The molecule has 2 aromatic carbocycles. The Kier molecular flexibility index (Phi) is 6.61. The molecule has 4 heterocycles. The van der Waals surface area contributed by atoms with Gasteiger partial charge in [0.25, 0.3) is 5.56 Å². The summed E-state index contributed by atoms with van der Waals surface area (Å²) in [5.41, 5.74) is 5.94. The Balaban J connectivity index is 1.21. The minimum atomic E-state index is 0.0173. The van der Waals surface area contributed by atoms with Gasteiger partial charge in [-0.3, -0.25) is 19.7 Å². The Morgan fingerprint density at radius 1 is 0.944 bits per heavy atom. The second-order valence-corrected chi connectivity index (χ2v) is 10.9. The molecule has 0 saturated carbocycles. The zero-order chi connectivity index (χ0) is 24.6. The Bertz CT molecular complexity index is 1460. The molecular formula is C28H29Cl2N5O. The van der Waals surface area contributed by atoms with Crippen molar-refractivity contribution >= 4 is 28.8 Å². The summed E-state index contributed by atoms with van der Waals surface area (Å²) in [5.74, 6) is 0.343. The van der Waals surface area contributed by atoms with E-state index < -0.39 is 0 Å². The maximum Gasteiger partial charge on any atom is 0.277 e. The SMILES string of the molecule is O=c1c2c(nc3cc([C@H]4CCCN(Cc5cccc(Cl)c5)C4)[nH]n13)CCN(Cc1cccc(Cl)c1)C2. The normalized spacial score (nSPS) is 19.0. The fourth-order valence-corrected chi connectivity index (χ4v) is 6.07. The fourth-order valence-electron chi connectivity index (χ4n) is 5.64. The predicted octanol–water partition coefficient (Wildman–Crippen LogP) is 5.27. The van der Waals surface area contributed by atoms with E-state index in [4.69, 9.17) is 28.2 Å². The number of likely N-dealkylation sites (tertiary alicyclic amines) is 1. The molecule has 0 amide bonds. The Hall–Kier alpha value is -2.64. The summed E-state index contributed by atoms with van der Waals surface area (Å²) in [6.45, 7) is 5.14. The van der Waals surface area contributed by atoms with Crippen molar-refractivity contribution in [2.24, 2.45) is 0 Å². The van der Waals surface area contributed by atoms with E-state index in [1.165, 1.54) is 5.56 Å². The van der Waals surface area contributed by atoms with Gasteiger partial charge in [0.05, 0.1) is 11.3 Å². The highest BCUT2D eigenvalue weighted by atomic mass is 35.5. The largest absolute Gasteiger partial charge is 0.298 e. The Morgan fingerprint density at radius 2 is 1.67 bits per heavy atom. The van der Waals surface area contributed by atoms with Crippen LogP contribution >= 0.6 is 23.2 Å². The molecule has 1 N–H and O–H groups in total. The molecule has 1 saturated heterocycles. The lowest BCUT2D eigenvalue weighted by Gasteiger charge is -2.32. The number of piperidine rings is 1. The van der Waals surface area contributed by atoms with Crippen molar-refractivity contribution in [1.82, 2.24) is 24.4 Å². The lowest BCUT2D eigenvalue weighted by Crippen LogP contribution is -2.36. The average molecular weight is 522 g/mol. The van der Waals surface area contributed by atoms with Crippen LogP contribution in [0.4, 0.5) is 0 Å². The monoisotopic (exact) mass is 521 g/mol. The first-order valence-electron chi connectivity index (χ1n) is 12.6. The summed E-state index contributed by atoms with van der Waals surface area (Å²) in [7, 11) is 0. The van der Waals surface area contributed by atoms with Crippen LogP contribution in [0.5, 0.6) is 0 Å². The molecule has 1 atom stereocenters. The maximum atomic E-state index is 13.5. The second kappa shape index (κ2) is 10.0. The number of nitrogens with one attached hydrogen (secondary N) is 1.